The molecule has 0 saturated carbocycles. The molecule has 6 heteroatoms. The van der Waals surface area contributed by atoms with Crippen LogP contribution in [0.2, 0.25) is 0 Å². The minimum atomic E-state index is -0.0625. The molecule has 0 aliphatic carbocycles. The summed E-state index contributed by atoms with van der Waals surface area (Å²) in [5.74, 6) is 0.714. The van der Waals surface area contributed by atoms with Gasteiger partial charge in [0.2, 0.25) is 11.6 Å². The number of nitrogens with zero attached hydrogens (tertiary/aromatic N) is 1. The number of hydrogen-bond acceptors (Lipinski definition) is 4. The first kappa shape index (κ1) is 18.2. The number of amides is 1. The maximum atomic E-state index is 12.3. The van der Waals surface area contributed by atoms with Crippen LogP contribution < -0.4 is 20.1 Å². The van der Waals surface area contributed by atoms with E-state index in [9.17, 15) is 10.0 Å². The van der Waals surface area contributed by atoms with Crippen molar-refractivity contribution >= 4 is 5.91 Å². The van der Waals surface area contributed by atoms with Gasteiger partial charge in [-0.25, -0.2) is 0 Å². The van der Waals surface area contributed by atoms with Gasteiger partial charge in [-0.3, -0.25) is 4.79 Å². The fraction of sp³-hybridized carbons (Fsp3) is 0.400. The van der Waals surface area contributed by atoms with E-state index in [1.807, 2.05) is 37.3 Å². The molecule has 2 aromatic rings. The van der Waals surface area contributed by atoms with Crippen molar-refractivity contribution in [3.05, 3.63) is 53.4 Å². The first-order chi connectivity index (χ1) is 12.7. The number of nitrogens with one attached hydrogen (secondary N) is 2. The highest BCUT2D eigenvalue weighted by Crippen LogP contribution is 2.20. The summed E-state index contributed by atoms with van der Waals surface area (Å²) < 4.78 is 6.23. The van der Waals surface area contributed by atoms with Crippen molar-refractivity contribution < 1.29 is 14.3 Å². The molecule has 0 spiro atoms. The van der Waals surface area contributed by atoms with Crippen molar-refractivity contribution in [2.24, 2.45) is 0 Å². The second-order valence-electron chi connectivity index (χ2n) is 6.48. The Morgan fingerprint density at radius 1 is 1.31 bits per heavy atom. The molecule has 2 N–H and O–H groups in total. The number of carbonyl (C=O) groups excluding carboxylic acids is 1. The van der Waals surface area contributed by atoms with E-state index in [0.29, 0.717) is 30.5 Å². The maximum Gasteiger partial charge on any atom is 0.224 e. The Morgan fingerprint density at radius 3 is 2.77 bits per heavy atom. The average molecular weight is 355 g/mol. The van der Waals surface area contributed by atoms with Gasteiger partial charge in [0.15, 0.2) is 6.20 Å². The van der Waals surface area contributed by atoms with Crippen molar-refractivity contribution in [2.75, 3.05) is 19.7 Å². The Labute approximate surface area is 153 Å². The summed E-state index contributed by atoms with van der Waals surface area (Å²) in [6.07, 6.45) is 3.93. The third-order valence-corrected chi connectivity index (χ3v) is 4.51. The lowest BCUT2D eigenvalue weighted by atomic mass is 10.1. The first-order valence-electron chi connectivity index (χ1n) is 9.11. The molecule has 1 saturated heterocycles. The first-order valence-corrected chi connectivity index (χ1v) is 9.11. The van der Waals surface area contributed by atoms with Crippen LogP contribution in [0.25, 0.3) is 11.3 Å². The number of hydrogen-bond donors (Lipinski definition) is 2. The highest BCUT2D eigenvalue weighted by Gasteiger charge is 2.16. The third-order valence-electron chi connectivity index (χ3n) is 4.51. The molecule has 1 aliphatic heterocycles. The van der Waals surface area contributed by atoms with Crippen LogP contribution in [0, 0.1) is 5.21 Å². The molecule has 6 nitrogen and oxygen atoms in total. The molecule has 1 fully saturated rings. The van der Waals surface area contributed by atoms with Gasteiger partial charge in [-0.2, -0.15) is 4.73 Å². The molecule has 1 aromatic carbocycles. The van der Waals surface area contributed by atoms with Crippen LogP contribution in [0.5, 0.6) is 5.75 Å². The van der Waals surface area contributed by atoms with Gasteiger partial charge >= 0.3 is 0 Å². The summed E-state index contributed by atoms with van der Waals surface area (Å²) >= 11 is 0. The van der Waals surface area contributed by atoms with Gasteiger partial charge in [-0.1, -0.05) is 0 Å². The van der Waals surface area contributed by atoms with E-state index < -0.39 is 0 Å². The number of pyridine rings is 1. The normalized spacial score (nSPS) is 16.4. The van der Waals surface area contributed by atoms with E-state index in [4.69, 9.17) is 4.74 Å². The second-order valence-corrected chi connectivity index (χ2v) is 6.48. The van der Waals surface area contributed by atoms with E-state index in [1.54, 1.807) is 6.07 Å². The molecule has 1 aromatic heterocycles. The number of ether oxygens (including phenoxy) is 1. The molecule has 1 atom stereocenters. The topological polar surface area (TPSA) is 77.3 Å². The molecule has 138 valence electrons. The van der Waals surface area contributed by atoms with Gasteiger partial charge in [0.05, 0.1) is 13.0 Å². The molecule has 1 unspecified atom stereocenters. The van der Waals surface area contributed by atoms with Crippen LogP contribution in [0.1, 0.15) is 25.3 Å². The van der Waals surface area contributed by atoms with Crippen molar-refractivity contribution in [1.29, 1.82) is 0 Å². The summed E-state index contributed by atoms with van der Waals surface area (Å²) in [7, 11) is 0. The molecule has 1 aliphatic rings. The molecule has 3 rings (SSSR count). The fourth-order valence-electron chi connectivity index (χ4n) is 3.16. The van der Waals surface area contributed by atoms with E-state index in [2.05, 4.69) is 10.6 Å². The lowest BCUT2D eigenvalue weighted by Gasteiger charge is -2.11. The lowest BCUT2D eigenvalue weighted by Crippen LogP contribution is -2.38. The van der Waals surface area contributed by atoms with Crippen LogP contribution >= 0.6 is 0 Å². The van der Waals surface area contributed by atoms with Crippen LogP contribution in [0.15, 0.2) is 42.6 Å². The van der Waals surface area contributed by atoms with E-state index in [0.717, 1.165) is 35.4 Å². The molecule has 0 bridgehead atoms. The summed E-state index contributed by atoms with van der Waals surface area (Å²) in [6.45, 7) is 4.19. The van der Waals surface area contributed by atoms with Crippen molar-refractivity contribution in [2.45, 2.75) is 32.2 Å². The molecular weight excluding hydrogens is 330 g/mol. The predicted octanol–water partition coefficient (Wildman–Crippen LogP) is 1.80. The molecule has 26 heavy (non-hydrogen) atoms. The van der Waals surface area contributed by atoms with Gasteiger partial charge in [-0.15, -0.1) is 0 Å². The average Bonchev–Trinajstić information content (AvgIpc) is 3.15. The SMILES string of the molecule is CCOc1ccc(-c2ccc(CC(=O)NCC3CCCN3)c[n+]2[O-])cc1. The summed E-state index contributed by atoms with van der Waals surface area (Å²) in [5.41, 5.74) is 2.06. The Hall–Kier alpha value is -2.60. The number of rotatable bonds is 7. The Bertz CT molecular complexity index is 740. The third kappa shape index (κ3) is 4.73. The smallest absolute Gasteiger partial charge is 0.224 e. The quantitative estimate of drug-likeness (QED) is 0.586. The second kappa shape index (κ2) is 8.67. The Morgan fingerprint density at radius 2 is 2.12 bits per heavy atom. The Kier molecular flexibility index (Phi) is 6.07. The van der Waals surface area contributed by atoms with Crippen molar-refractivity contribution in [3.8, 4) is 17.0 Å². The zero-order chi connectivity index (χ0) is 18.4. The van der Waals surface area contributed by atoms with Gasteiger partial charge in [0.1, 0.15) is 5.75 Å². The van der Waals surface area contributed by atoms with E-state index in [1.165, 1.54) is 6.20 Å². The summed E-state index contributed by atoms with van der Waals surface area (Å²) in [4.78, 5) is 12.1. The number of benzene rings is 1. The Balaban J connectivity index is 1.60. The standard InChI is InChI=1S/C20H25N3O3/c1-2-26-18-8-6-16(7-9-18)19-10-5-15(14-23(19)25)12-20(24)22-13-17-4-3-11-21-17/h5-10,14,17,21H,2-4,11-13H2,1H3,(H,22,24). The molecular formula is C20H25N3O3. The van der Waals surface area contributed by atoms with Gasteiger partial charge in [0.25, 0.3) is 0 Å². The van der Waals surface area contributed by atoms with Gasteiger partial charge in [-0.05, 0) is 56.6 Å². The van der Waals surface area contributed by atoms with Gasteiger partial charge in [0, 0.05) is 29.8 Å². The highest BCUT2D eigenvalue weighted by atomic mass is 16.5. The fourth-order valence-corrected chi connectivity index (χ4v) is 3.16. The number of aromatic nitrogens is 1. The molecule has 0 radical (unpaired) electrons. The zero-order valence-electron chi connectivity index (χ0n) is 15.0. The van der Waals surface area contributed by atoms with Gasteiger partial charge < -0.3 is 20.6 Å². The maximum absolute atomic E-state index is 12.3. The minimum Gasteiger partial charge on any atom is -0.618 e. The van der Waals surface area contributed by atoms with Crippen LogP contribution in [-0.4, -0.2) is 31.6 Å². The molecule has 2 heterocycles. The number of carbonyl (C=O) groups is 1. The largest absolute Gasteiger partial charge is 0.618 e. The van der Waals surface area contributed by atoms with Crippen molar-refractivity contribution in [3.63, 3.8) is 0 Å². The predicted molar refractivity (Wildman–Crippen MR) is 99.7 cm³/mol. The minimum absolute atomic E-state index is 0.0625. The van der Waals surface area contributed by atoms with E-state index >= 15 is 0 Å². The summed E-state index contributed by atoms with van der Waals surface area (Å²) in [5, 5.41) is 18.6. The zero-order valence-corrected chi connectivity index (χ0v) is 15.0. The highest BCUT2D eigenvalue weighted by molar-refractivity contribution is 5.78. The lowest BCUT2D eigenvalue weighted by molar-refractivity contribution is -0.594. The summed E-state index contributed by atoms with van der Waals surface area (Å²) in [6, 6.07) is 11.3. The molecule has 1 amide bonds. The van der Waals surface area contributed by atoms with Crippen molar-refractivity contribution in [1.82, 2.24) is 10.6 Å². The monoisotopic (exact) mass is 355 g/mol. The van der Waals surface area contributed by atoms with Crippen LogP contribution in [-0.2, 0) is 11.2 Å². The van der Waals surface area contributed by atoms with Crippen LogP contribution in [0.4, 0.5) is 0 Å². The van der Waals surface area contributed by atoms with E-state index in [-0.39, 0.29) is 12.3 Å². The van der Waals surface area contributed by atoms with Crippen LogP contribution in [0.3, 0.4) is 0 Å².